The van der Waals surface area contributed by atoms with Crippen LogP contribution in [0.2, 0.25) is 5.02 Å². The van der Waals surface area contributed by atoms with Crippen LogP contribution in [0.25, 0.3) is 0 Å². The van der Waals surface area contributed by atoms with E-state index in [9.17, 15) is 0 Å². The maximum Gasteiger partial charge on any atom is 0.124 e. The fourth-order valence-electron chi connectivity index (χ4n) is 2.68. The Bertz CT molecular complexity index is 654. The van der Waals surface area contributed by atoms with E-state index >= 15 is 0 Å². The second kappa shape index (κ2) is 7.83. The predicted molar refractivity (Wildman–Crippen MR) is 99.3 cm³/mol. The second-order valence-corrected chi connectivity index (χ2v) is 7.11. The second-order valence-electron chi connectivity index (χ2n) is 5.45. The number of hydrogen-bond acceptors (Lipinski definition) is 3. The van der Waals surface area contributed by atoms with Crippen LogP contribution in [-0.4, -0.2) is 26.4 Å². The van der Waals surface area contributed by atoms with Gasteiger partial charge in [0.25, 0.3) is 0 Å². The molecule has 2 aromatic carbocycles. The summed E-state index contributed by atoms with van der Waals surface area (Å²) in [6.07, 6.45) is 0.908. The molecule has 0 saturated carbocycles. The molecule has 1 aliphatic heterocycles. The highest BCUT2D eigenvalue weighted by atomic mass is 127. The van der Waals surface area contributed by atoms with Crippen LogP contribution in [0.5, 0.6) is 5.75 Å². The largest absolute Gasteiger partial charge is 0.488 e. The van der Waals surface area contributed by atoms with Crippen molar-refractivity contribution in [1.82, 2.24) is 0 Å². The fraction of sp³-hybridized carbons (Fsp3) is 0.333. The maximum atomic E-state index is 6.34. The van der Waals surface area contributed by atoms with Gasteiger partial charge in [-0.3, -0.25) is 0 Å². The van der Waals surface area contributed by atoms with Gasteiger partial charge in [0.15, 0.2) is 0 Å². The Morgan fingerprint density at radius 2 is 2.00 bits per heavy atom. The highest BCUT2D eigenvalue weighted by Gasteiger charge is 2.19. The van der Waals surface area contributed by atoms with Crippen LogP contribution < -0.4 is 4.74 Å². The monoisotopic (exact) mass is 444 g/mol. The highest BCUT2D eigenvalue weighted by Crippen LogP contribution is 2.33. The van der Waals surface area contributed by atoms with Crippen molar-refractivity contribution in [1.29, 1.82) is 0 Å². The zero-order valence-electron chi connectivity index (χ0n) is 12.8. The standard InChI is InChI=1S/C18H18ClIO3/c1-21-18(16-10-13(20)4-7-17(16)19)12-2-5-14(6-3-12)23-15-8-9-22-11-15/h2-7,10,15,18H,8-9,11H2,1H3/t15-,18?/m0/s1. The first kappa shape index (κ1) is 17.0. The number of benzene rings is 2. The zero-order chi connectivity index (χ0) is 16.2. The normalized spacial score (nSPS) is 18.8. The molecule has 1 saturated heterocycles. The van der Waals surface area contributed by atoms with E-state index in [1.54, 1.807) is 7.11 Å². The Labute approximate surface area is 155 Å². The summed E-state index contributed by atoms with van der Waals surface area (Å²) in [5, 5.41) is 0.709. The van der Waals surface area contributed by atoms with Gasteiger partial charge in [-0.25, -0.2) is 0 Å². The van der Waals surface area contributed by atoms with E-state index in [1.807, 2.05) is 36.4 Å². The van der Waals surface area contributed by atoms with Gasteiger partial charge in [-0.05, 0) is 58.5 Å². The Kier molecular flexibility index (Phi) is 5.80. The third kappa shape index (κ3) is 4.18. The average molecular weight is 445 g/mol. The lowest BCUT2D eigenvalue weighted by Crippen LogP contribution is -2.15. The fourth-order valence-corrected chi connectivity index (χ4v) is 3.41. The van der Waals surface area contributed by atoms with Crippen molar-refractivity contribution in [3.63, 3.8) is 0 Å². The molecule has 0 spiro atoms. The molecule has 1 heterocycles. The maximum absolute atomic E-state index is 6.34. The number of hydrogen-bond donors (Lipinski definition) is 0. The minimum absolute atomic E-state index is 0.157. The summed E-state index contributed by atoms with van der Waals surface area (Å²) < 4.78 is 18.0. The lowest BCUT2D eigenvalue weighted by Gasteiger charge is -2.19. The van der Waals surface area contributed by atoms with E-state index < -0.39 is 0 Å². The summed E-state index contributed by atoms with van der Waals surface area (Å²) in [4.78, 5) is 0. The van der Waals surface area contributed by atoms with Crippen molar-refractivity contribution >= 4 is 34.2 Å². The smallest absolute Gasteiger partial charge is 0.124 e. The van der Waals surface area contributed by atoms with Crippen molar-refractivity contribution in [2.75, 3.05) is 20.3 Å². The van der Waals surface area contributed by atoms with Crippen LogP contribution in [0, 0.1) is 3.57 Å². The van der Waals surface area contributed by atoms with Crippen LogP contribution >= 0.6 is 34.2 Å². The molecular weight excluding hydrogens is 427 g/mol. The van der Waals surface area contributed by atoms with Crippen molar-refractivity contribution in [2.45, 2.75) is 18.6 Å². The third-order valence-electron chi connectivity index (χ3n) is 3.85. The Hall–Kier alpha value is -0.820. The molecule has 0 aromatic heterocycles. The minimum Gasteiger partial charge on any atom is -0.488 e. The van der Waals surface area contributed by atoms with Crippen LogP contribution in [-0.2, 0) is 9.47 Å². The number of halogens is 2. The van der Waals surface area contributed by atoms with Crippen LogP contribution in [0.1, 0.15) is 23.7 Å². The SMILES string of the molecule is COC(c1ccc(O[C@H]2CCOC2)cc1)c1cc(I)ccc1Cl. The molecular formula is C18H18ClIO3. The molecule has 2 aromatic rings. The Morgan fingerprint density at radius 1 is 1.22 bits per heavy atom. The van der Waals surface area contributed by atoms with Gasteiger partial charge in [0.2, 0.25) is 0 Å². The Morgan fingerprint density at radius 3 is 2.65 bits per heavy atom. The van der Waals surface area contributed by atoms with Crippen molar-refractivity contribution in [3.8, 4) is 5.75 Å². The molecule has 3 rings (SSSR count). The van der Waals surface area contributed by atoms with Gasteiger partial charge < -0.3 is 14.2 Å². The molecule has 122 valence electrons. The molecule has 0 radical (unpaired) electrons. The van der Waals surface area contributed by atoms with Gasteiger partial charge in [0.1, 0.15) is 18.0 Å². The van der Waals surface area contributed by atoms with Gasteiger partial charge in [-0.15, -0.1) is 0 Å². The molecule has 1 unspecified atom stereocenters. The van der Waals surface area contributed by atoms with Crippen molar-refractivity contribution in [2.24, 2.45) is 0 Å². The topological polar surface area (TPSA) is 27.7 Å². The highest BCUT2D eigenvalue weighted by molar-refractivity contribution is 14.1. The van der Waals surface area contributed by atoms with E-state index in [0.29, 0.717) is 11.6 Å². The molecule has 0 N–H and O–H groups in total. The first-order valence-electron chi connectivity index (χ1n) is 7.49. The van der Waals surface area contributed by atoms with Gasteiger partial charge in [-0.2, -0.15) is 0 Å². The van der Waals surface area contributed by atoms with E-state index in [1.165, 1.54) is 0 Å². The van der Waals surface area contributed by atoms with Gasteiger partial charge in [-0.1, -0.05) is 23.7 Å². The van der Waals surface area contributed by atoms with Crippen LogP contribution in [0.15, 0.2) is 42.5 Å². The summed E-state index contributed by atoms with van der Waals surface area (Å²) in [6, 6.07) is 13.9. The van der Waals surface area contributed by atoms with Gasteiger partial charge >= 0.3 is 0 Å². The summed E-state index contributed by atoms with van der Waals surface area (Å²) in [7, 11) is 1.70. The molecule has 5 heteroatoms. The van der Waals surface area contributed by atoms with E-state index in [2.05, 4.69) is 28.7 Å². The van der Waals surface area contributed by atoms with E-state index in [0.717, 1.165) is 33.5 Å². The Balaban J connectivity index is 1.79. The lowest BCUT2D eigenvalue weighted by molar-refractivity contribution is 0.135. The molecule has 23 heavy (non-hydrogen) atoms. The zero-order valence-corrected chi connectivity index (χ0v) is 15.7. The van der Waals surface area contributed by atoms with Crippen molar-refractivity contribution < 1.29 is 14.2 Å². The third-order valence-corrected chi connectivity index (χ3v) is 4.86. The molecule has 0 bridgehead atoms. The summed E-state index contributed by atoms with van der Waals surface area (Å²) >= 11 is 8.62. The first-order chi connectivity index (χ1) is 11.2. The summed E-state index contributed by atoms with van der Waals surface area (Å²) in [5.74, 6) is 0.854. The quantitative estimate of drug-likeness (QED) is 0.617. The molecule has 1 aliphatic rings. The molecule has 3 nitrogen and oxygen atoms in total. The number of ether oxygens (including phenoxy) is 3. The minimum atomic E-state index is -0.193. The van der Waals surface area contributed by atoms with Crippen molar-refractivity contribution in [3.05, 3.63) is 62.2 Å². The predicted octanol–water partition coefficient (Wildman–Crippen LogP) is 4.85. The van der Waals surface area contributed by atoms with Gasteiger partial charge in [0, 0.05) is 27.7 Å². The van der Waals surface area contributed by atoms with Crippen LogP contribution in [0.4, 0.5) is 0 Å². The summed E-state index contributed by atoms with van der Waals surface area (Å²) in [6.45, 7) is 1.44. The lowest BCUT2D eigenvalue weighted by atomic mass is 10.0. The molecule has 2 atom stereocenters. The first-order valence-corrected chi connectivity index (χ1v) is 8.95. The van der Waals surface area contributed by atoms with Gasteiger partial charge in [0.05, 0.1) is 13.2 Å². The number of rotatable bonds is 5. The van der Waals surface area contributed by atoms with E-state index in [4.69, 9.17) is 25.8 Å². The molecule has 1 fully saturated rings. The molecule has 0 amide bonds. The van der Waals surface area contributed by atoms with Crippen LogP contribution in [0.3, 0.4) is 0 Å². The molecule has 0 aliphatic carbocycles. The average Bonchev–Trinajstić information content (AvgIpc) is 3.06. The number of methoxy groups -OCH3 is 1. The van der Waals surface area contributed by atoms with E-state index in [-0.39, 0.29) is 12.2 Å². The summed E-state index contributed by atoms with van der Waals surface area (Å²) in [5.41, 5.74) is 2.02.